The Morgan fingerprint density at radius 3 is 2.94 bits per heavy atom. The van der Waals surface area contributed by atoms with Crippen molar-refractivity contribution in [1.82, 2.24) is 9.36 Å². The van der Waals surface area contributed by atoms with E-state index in [2.05, 4.69) is 9.36 Å². The van der Waals surface area contributed by atoms with E-state index in [1.165, 1.54) is 23.7 Å². The number of benzene rings is 1. The Morgan fingerprint density at radius 1 is 1.39 bits per heavy atom. The normalized spacial score (nSPS) is 12.6. The van der Waals surface area contributed by atoms with Crippen LogP contribution in [0, 0.1) is 5.82 Å². The molecule has 0 aliphatic carbocycles. The first-order valence-corrected chi connectivity index (χ1v) is 6.46. The maximum absolute atomic E-state index is 13.0. The third kappa shape index (κ3) is 3.56. The van der Waals surface area contributed by atoms with E-state index in [9.17, 15) is 4.39 Å². The monoisotopic (exact) mass is 266 g/mol. The molecule has 18 heavy (non-hydrogen) atoms. The fourth-order valence-electron chi connectivity index (χ4n) is 1.58. The van der Waals surface area contributed by atoms with Crippen LogP contribution in [0.5, 0.6) is 0 Å². The Kier molecular flexibility index (Phi) is 4.35. The molecule has 6 heteroatoms. The van der Waals surface area contributed by atoms with E-state index >= 15 is 0 Å². The summed E-state index contributed by atoms with van der Waals surface area (Å²) >= 11 is 1.33. The van der Waals surface area contributed by atoms with Crippen molar-refractivity contribution in [2.75, 3.05) is 6.54 Å². The molecule has 1 heterocycles. The van der Waals surface area contributed by atoms with Gasteiger partial charge in [-0.2, -0.15) is 4.37 Å². The van der Waals surface area contributed by atoms with Crippen molar-refractivity contribution in [3.05, 3.63) is 46.5 Å². The van der Waals surface area contributed by atoms with Crippen LogP contribution >= 0.6 is 11.5 Å². The quantitative estimate of drug-likeness (QED) is 0.849. The first-order chi connectivity index (χ1) is 8.67. The van der Waals surface area contributed by atoms with E-state index in [0.717, 1.165) is 10.6 Å². The predicted molar refractivity (Wildman–Crippen MR) is 69.8 cm³/mol. The lowest BCUT2D eigenvalue weighted by molar-refractivity contribution is 0.626. The molecule has 4 N–H and O–H groups in total. The van der Waals surface area contributed by atoms with Gasteiger partial charge in [-0.15, -0.1) is 0 Å². The molecular formula is C12H15FN4S. The molecule has 4 nitrogen and oxygen atoms in total. The highest BCUT2D eigenvalue weighted by molar-refractivity contribution is 7.05. The molecule has 2 rings (SSSR count). The molecule has 0 saturated carbocycles. The Balaban J connectivity index is 2.02. The molecule has 96 valence electrons. The number of hydrogen-bond acceptors (Lipinski definition) is 5. The van der Waals surface area contributed by atoms with Crippen LogP contribution in [0.1, 0.15) is 16.4 Å². The second-order valence-electron chi connectivity index (χ2n) is 4.11. The Labute approximate surface area is 109 Å². The first-order valence-electron chi connectivity index (χ1n) is 5.69. The van der Waals surface area contributed by atoms with E-state index in [1.54, 1.807) is 6.07 Å². The summed E-state index contributed by atoms with van der Waals surface area (Å²) in [7, 11) is 0. The molecule has 0 aliphatic heterocycles. The molecule has 1 aromatic carbocycles. The largest absolute Gasteiger partial charge is 0.329 e. The lowest BCUT2D eigenvalue weighted by atomic mass is 10.1. The van der Waals surface area contributed by atoms with Gasteiger partial charge < -0.3 is 11.5 Å². The van der Waals surface area contributed by atoms with Crippen molar-refractivity contribution in [2.24, 2.45) is 11.5 Å². The summed E-state index contributed by atoms with van der Waals surface area (Å²) in [6, 6.07) is 6.37. The van der Waals surface area contributed by atoms with Crippen LogP contribution in [-0.2, 0) is 12.8 Å². The fourth-order valence-corrected chi connectivity index (χ4v) is 2.33. The van der Waals surface area contributed by atoms with Gasteiger partial charge in [0, 0.05) is 25.4 Å². The van der Waals surface area contributed by atoms with Gasteiger partial charge in [0.1, 0.15) is 16.6 Å². The molecule has 1 atom stereocenters. The summed E-state index contributed by atoms with van der Waals surface area (Å²) in [5.41, 5.74) is 12.1. The zero-order valence-electron chi connectivity index (χ0n) is 9.84. The number of nitrogens with zero attached hydrogens (tertiary/aromatic N) is 2. The lowest BCUT2D eigenvalue weighted by Gasteiger charge is -2.03. The molecular weight excluding hydrogens is 251 g/mol. The van der Waals surface area contributed by atoms with Gasteiger partial charge in [0.05, 0.1) is 0 Å². The molecule has 1 aromatic heterocycles. The third-order valence-electron chi connectivity index (χ3n) is 2.50. The predicted octanol–water partition coefficient (Wildman–Crippen LogP) is 1.10. The topological polar surface area (TPSA) is 77.8 Å². The van der Waals surface area contributed by atoms with Crippen LogP contribution in [0.2, 0.25) is 0 Å². The van der Waals surface area contributed by atoms with Crippen LogP contribution < -0.4 is 11.5 Å². The van der Waals surface area contributed by atoms with Crippen LogP contribution in [-0.4, -0.2) is 21.9 Å². The SMILES string of the molecule is NCC(N)Cc1nc(Cc2cccc(F)c2)ns1. The van der Waals surface area contributed by atoms with Crippen LogP contribution in [0.3, 0.4) is 0 Å². The number of rotatable bonds is 5. The number of hydrogen-bond donors (Lipinski definition) is 2. The summed E-state index contributed by atoms with van der Waals surface area (Å²) < 4.78 is 17.3. The Morgan fingerprint density at radius 2 is 2.22 bits per heavy atom. The molecule has 0 radical (unpaired) electrons. The molecule has 2 aromatic rings. The average Bonchev–Trinajstić information content (AvgIpc) is 2.76. The molecule has 0 bridgehead atoms. The average molecular weight is 266 g/mol. The van der Waals surface area contributed by atoms with Gasteiger partial charge in [-0.25, -0.2) is 9.37 Å². The second kappa shape index (κ2) is 5.99. The standard InChI is InChI=1S/C12H15FN4S/c13-9-3-1-2-8(4-9)5-11-16-12(18-17-11)6-10(15)7-14/h1-4,10H,5-7,14-15H2. The van der Waals surface area contributed by atoms with Gasteiger partial charge in [0.2, 0.25) is 0 Å². The van der Waals surface area contributed by atoms with E-state index < -0.39 is 0 Å². The summed E-state index contributed by atoms with van der Waals surface area (Å²) in [5, 5.41) is 0.874. The zero-order chi connectivity index (χ0) is 13.0. The van der Waals surface area contributed by atoms with Crippen LogP contribution in [0.25, 0.3) is 0 Å². The van der Waals surface area contributed by atoms with Gasteiger partial charge in [-0.05, 0) is 29.2 Å². The van der Waals surface area contributed by atoms with Crippen molar-refractivity contribution >= 4 is 11.5 Å². The Hall–Kier alpha value is -1.37. The minimum atomic E-state index is -0.242. The van der Waals surface area contributed by atoms with Gasteiger partial charge in [0.15, 0.2) is 0 Å². The van der Waals surface area contributed by atoms with Gasteiger partial charge in [-0.1, -0.05) is 12.1 Å². The van der Waals surface area contributed by atoms with Crippen molar-refractivity contribution < 1.29 is 4.39 Å². The van der Waals surface area contributed by atoms with Crippen LogP contribution in [0.4, 0.5) is 4.39 Å². The minimum absolute atomic E-state index is 0.0834. The van der Waals surface area contributed by atoms with Crippen molar-refractivity contribution in [3.63, 3.8) is 0 Å². The molecule has 1 unspecified atom stereocenters. The van der Waals surface area contributed by atoms with E-state index in [-0.39, 0.29) is 11.9 Å². The highest BCUT2D eigenvalue weighted by Gasteiger charge is 2.09. The third-order valence-corrected chi connectivity index (χ3v) is 3.27. The smallest absolute Gasteiger partial charge is 0.146 e. The number of halogens is 1. The molecule has 0 spiro atoms. The maximum Gasteiger partial charge on any atom is 0.146 e. The molecule has 0 fully saturated rings. The summed E-state index contributed by atoms with van der Waals surface area (Å²) in [5.74, 6) is 0.456. The van der Waals surface area contributed by atoms with Crippen LogP contribution in [0.15, 0.2) is 24.3 Å². The first kappa shape index (κ1) is 13.1. The van der Waals surface area contributed by atoms with Crippen molar-refractivity contribution in [2.45, 2.75) is 18.9 Å². The number of aromatic nitrogens is 2. The van der Waals surface area contributed by atoms with Crippen molar-refractivity contribution in [1.29, 1.82) is 0 Å². The van der Waals surface area contributed by atoms with Crippen molar-refractivity contribution in [3.8, 4) is 0 Å². The fraction of sp³-hybridized carbons (Fsp3) is 0.333. The lowest BCUT2D eigenvalue weighted by Crippen LogP contribution is -2.31. The zero-order valence-corrected chi connectivity index (χ0v) is 10.7. The summed E-state index contributed by atoms with van der Waals surface area (Å²) in [6.07, 6.45) is 1.17. The molecule has 0 amide bonds. The Bertz CT molecular complexity index is 514. The second-order valence-corrected chi connectivity index (χ2v) is 4.95. The van der Waals surface area contributed by atoms with Gasteiger partial charge >= 0.3 is 0 Å². The minimum Gasteiger partial charge on any atom is -0.329 e. The molecule has 0 saturated heterocycles. The maximum atomic E-state index is 13.0. The summed E-state index contributed by atoms with van der Waals surface area (Å²) in [6.45, 7) is 0.429. The highest BCUT2D eigenvalue weighted by atomic mass is 32.1. The van der Waals surface area contributed by atoms with E-state index in [1.807, 2.05) is 6.07 Å². The molecule has 0 aliphatic rings. The van der Waals surface area contributed by atoms with Gasteiger partial charge in [0.25, 0.3) is 0 Å². The van der Waals surface area contributed by atoms with E-state index in [0.29, 0.717) is 25.2 Å². The van der Waals surface area contributed by atoms with Gasteiger partial charge in [-0.3, -0.25) is 0 Å². The number of nitrogens with two attached hydrogens (primary N) is 2. The summed E-state index contributed by atoms with van der Waals surface area (Å²) in [4.78, 5) is 4.37. The highest BCUT2D eigenvalue weighted by Crippen LogP contribution is 2.12. The van der Waals surface area contributed by atoms with E-state index in [4.69, 9.17) is 11.5 Å².